The zero-order chi connectivity index (χ0) is 21.6. The number of rotatable bonds is 11. The average Bonchev–Trinajstić information content (AvgIpc) is 2.79. The van der Waals surface area contributed by atoms with Crippen LogP contribution in [0, 0.1) is 0 Å². The van der Waals surface area contributed by atoms with Gasteiger partial charge in [0.2, 0.25) is 0 Å². The number of aliphatic imine (C=N–C) groups is 1. The van der Waals surface area contributed by atoms with Gasteiger partial charge in [-0.3, -0.25) is 9.79 Å². The Morgan fingerprint density at radius 1 is 1.03 bits per heavy atom. The van der Waals surface area contributed by atoms with E-state index in [4.69, 9.17) is 0 Å². The molecule has 2 rings (SSSR count). The lowest BCUT2D eigenvalue weighted by atomic mass is 10.1. The fourth-order valence-electron chi connectivity index (χ4n) is 3.14. The number of halogens is 1. The molecule has 0 aliphatic carbocycles. The van der Waals surface area contributed by atoms with Gasteiger partial charge in [0.15, 0.2) is 5.96 Å². The summed E-state index contributed by atoms with van der Waals surface area (Å²) in [6, 6.07) is 18.2. The van der Waals surface area contributed by atoms with Crippen molar-refractivity contribution in [3.63, 3.8) is 0 Å². The van der Waals surface area contributed by atoms with Gasteiger partial charge in [-0.1, -0.05) is 30.3 Å². The van der Waals surface area contributed by atoms with E-state index in [0.29, 0.717) is 5.56 Å². The highest BCUT2D eigenvalue weighted by atomic mass is 127. The van der Waals surface area contributed by atoms with Crippen LogP contribution >= 0.6 is 24.0 Å². The summed E-state index contributed by atoms with van der Waals surface area (Å²) in [7, 11) is 3.78. The van der Waals surface area contributed by atoms with Gasteiger partial charge < -0.3 is 20.9 Å². The summed E-state index contributed by atoms with van der Waals surface area (Å²) in [4.78, 5) is 18.7. The fraction of sp³-hybridized carbons (Fsp3) is 0.417. The van der Waals surface area contributed by atoms with Crippen LogP contribution in [-0.2, 0) is 6.42 Å². The van der Waals surface area contributed by atoms with Crippen LogP contribution in [0.2, 0.25) is 0 Å². The van der Waals surface area contributed by atoms with Crippen molar-refractivity contribution in [2.45, 2.75) is 26.2 Å². The van der Waals surface area contributed by atoms with Crippen LogP contribution in [-0.4, -0.2) is 52.1 Å². The van der Waals surface area contributed by atoms with E-state index in [1.165, 1.54) is 5.69 Å². The molecule has 0 radical (unpaired) electrons. The number of amides is 1. The van der Waals surface area contributed by atoms with Gasteiger partial charge in [0.1, 0.15) is 0 Å². The van der Waals surface area contributed by atoms with Crippen LogP contribution in [0.1, 0.15) is 35.7 Å². The summed E-state index contributed by atoms with van der Waals surface area (Å²) in [5.74, 6) is 0.786. The van der Waals surface area contributed by atoms with Crippen molar-refractivity contribution >= 4 is 41.5 Å². The van der Waals surface area contributed by atoms with Crippen LogP contribution in [0.25, 0.3) is 0 Å². The topological polar surface area (TPSA) is 68.8 Å². The highest BCUT2D eigenvalue weighted by Gasteiger charge is 2.04. The Labute approximate surface area is 203 Å². The normalized spacial score (nSPS) is 10.7. The molecule has 0 aliphatic rings. The minimum absolute atomic E-state index is 0. The number of para-hydroxylation sites is 1. The molecule has 0 heterocycles. The van der Waals surface area contributed by atoms with Crippen molar-refractivity contribution in [3.8, 4) is 0 Å². The smallest absolute Gasteiger partial charge is 0.251 e. The molecule has 3 N–H and O–H groups in total. The molecule has 2 aromatic rings. The maximum atomic E-state index is 11.8. The molecule has 1 amide bonds. The van der Waals surface area contributed by atoms with Crippen molar-refractivity contribution in [1.82, 2.24) is 16.0 Å². The maximum absolute atomic E-state index is 11.8. The van der Waals surface area contributed by atoms with Crippen molar-refractivity contribution in [2.75, 3.05) is 45.2 Å². The predicted octanol–water partition coefficient (Wildman–Crippen LogP) is 3.68. The summed E-state index contributed by atoms with van der Waals surface area (Å²) in [6.45, 7) is 5.47. The lowest BCUT2D eigenvalue weighted by Crippen LogP contribution is -2.38. The zero-order valence-electron chi connectivity index (χ0n) is 18.9. The van der Waals surface area contributed by atoms with Gasteiger partial charge in [0.05, 0.1) is 0 Å². The molecular formula is C24H36IN5O. The number of guanidine groups is 1. The van der Waals surface area contributed by atoms with Gasteiger partial charge in [-0.15, -0.1) is 24.0 Å². The molecule has 0 spiro atoms. The van der Waals surface area contributed by atoms with Crippen molar-refractivity contribution in [3.05, 3.63) is 65.7 Å². The molecule has 170 valence electrons. The first-order valence-corrected chi connectivity index (χ1v) is 10.7. The first-order chi connectivity index (χ1) is 14.6. The van der Waals surface area contributed by atoms with Crippen LogP contribution in [0.4, 0.5) is 5.69 Å². The monoisotopic (exact) mass is 537 g/mol. The lowest BCUT2D eigenvalue weighted by molar-refractivity contribution is 0.0963. The van der Waals surface area contributed by atoms with E-state index in [2.05, 4.69) is 64.1 Å². The molecule has 0 aromatic heterocycles. The number of carbonyl (C=O) groups is 1. The number of carbonyl (C=O) groups excluding carboxylic acids is 1. The molecule has 31 heavy (non-hydrogen) atoms. The van der Waals surface area contributed by atoms with Crippen LogP contribution < -0.4 is 20.9 Å². The van der Waals surface area contributed by atoms with Gasteiger partial charge in [-0.2, -0.15) is 0 Å². The minimum Gasteiger partial charge on any atom is -0.375 e. The Kier molecular flexibility index (Phi) is 13.4. The zero-order valence-corrected chi connectivity index (χ0v) is 21.2. The van der Waals surface area contributed by atoms with Gasteiger partial charge in [0.25, 0.3) is 5.91 Å². The molecule has 7 heteroatoms. The van der Waals surface area contributed by atoms with Crippen molar-refractivity contribution in [1.29, 1.82) is 0 Å². The highest BCUT2D eigenvalue weighted by molar-refractivity contribution is 14.0. The molecule has 6 nitrogen and oxygen atoms in total. The third kappa shape index (κ3) is 10.0. The van der Waals surface area contributed by atoms with E-state index in [9.17, 15) is 4.79 Å². The summed E-state index contributed by atoms with van der Waals surface area (Å²) in [5, 5.41) is 9.35. The second-order valence-corrected chi connectivity index (χ2v) is 7.18. The van der Waals surface area contributed by atoms with E-state index in [1.54, 1.807) is 7.05 Å². The van der Waals surface area contributed by atoms with Gasteiger partial charge in [-0.25, -0.2) is 0 Å². The third-order valence-corrected chi connectivity index (χ3v) is 4.84. The average molecular weight is 537 g/mol. The van der Waals surface area contributed by atoms with Gasteiger partial charge in [0, 0.05) is 51.5 Å². The minimum atomic E-state index is -0.0578. The van der Waals surface area contributed by atoms with Crippen molar-refractivity contribution < 1.29 is 4.79 Å². The third-order valence-electron chi connectivity index (χ3n) is 4.84. The largest absolute Gasteiger partial charge is 0.375 e. The highest BCUT2D eigenvalue weighted by Crippen LogP contribution is 2.11. The molecule has 0 aliphatic heterocycles. The number of hydrogen-bond acceptors (Lipinski definition) is 3. The Balaban J connectivity index is 0.00000480. The quantitative estimate of drug-likeness (QED) is 0.177. The standard InChI is InChI=1S/C24H35N5O.HI/c1-4-26-24(27-16-8-9-18-29(3)22-13-6-5-7-14-22)28-17-15-20-11-10-12-21(19-20)23(30)25-2;/h5-7,10-14,19H,4,8-9,15-18H2,1-3H3,(H,25,30)(H2,26,27,28);1H. The van der Waals surface area contributed by atoms with E-state index < -0.39 is 0 Å². The molecule has 0 unspecified atom stereocenters. The lowest BCUT2D eigenvalue weighted by Gasteiger charge is -2.18. The summed E-state index contributed by atoms with van der Waals surface area (Å²) >= 11 is 0. The second kappa shape index (κ2) is 15.5. The van der Waals surface area contributed by atoms with E-state index in [1.807, 2.05) is 30.3 Å². The maximum Gasteiger partial charge on any atom is 0.251 e. The number of hydrogen-bond donors (Lipinski definition) is 3. The van der Waals surface area contributed by atoms with Crippen LogP contribution in [0.3, 0.4) is 0 Å². The summed E-state index contributed by atoms with van der Waals surface area (Å²) in [5.41, 5.74) is 3.07. The van der Waals surface area contributed by atoms with E-state index in [0.717, 1.165) is 57.0 Å². The first-order valence-electron chi connectivity index (χ1n) is 10.7. The van der Waals surface area contributed by atoms with Crippen LogP contribution in [0.5, 0.6) is 0 Å². The molecular weight excluding hydrogens is 501 g/mol. The summed E-state index contributed by atoms with van der Waals surface area (Å²) < 4.78 is 0. The predicted molar refractivity (Wildman–Crippen MR) is 142 cm³/mol. The number of nitrogens with one attached hydrogen (secondary N) is 3. The molecule has 0 atom stereocenters. The Bertz CT molecular complexity index is 798. The van der Waals surface area contributed by atoms with Gasteiger partial charge in [-0.05, 0) is 56.0 Å². The molecule has 0 bridgehead atoms. The molecule has 0 saturated carbocycles. The number of nitrogens with zero attached hydrogens (tertiary/aromatic N) is 2. The Morgan fingerprint density at radius 2 is 1.81 bits per heavy atom. The Hall–Kier alpha value is -2.29. The van der Waals surface area contributed by atoms with E-state index in [-0.39, 0.29) is 29.9 Å². The second-order valence-electron chi connectivity index (χ2n) is 7.18. The van der Waals surface area contributed by atoms with Crippen molar-refractivity contribution in [2.24, 2.45) is 4.99 Å². The van der Waals surface area contributed by atoms with E-state index >= 15 is 0 Å². The summed E-state index contributed by atoms with van der Waals surface area (Å²) in [6.07, 6.45) is 2.97. The van der Waals surface area contributed by atoms with Gasteiger partial charge >= 0.3 is 0 Å². The Morgan fingerprint density at radius 3 is 2.52 bits per heavy atom. The number of anilines is 1. The molecule has 2 aromatic carbocycles. The fourth-order valence-corrected chi connectivity index (χ4v) is 3.14. The SMILES string of the molecule is CCNC(=NCCCCN(C)c1ccccc1)NCCc1cccc(C(=O)NC)c1.I. The number of unbranched alkanes of at least 4 members (excludes halogenated alkanes) is 1. The molecule has 0 saturated heterocycles. The van der Waals surface area contributed by atoms with Crippen LogP contribution in [0.15, 0.2) is 59.6 Å². The molecule has 0 fully saturated rings. The first kappa shape index (κ1) is 26.7. The number of benzene rings is 2.